The van der Waals surface area contributed by atoms with Gasteiger partial charge in [-0.15, -0.1) is 0 Å². The molecule has 1 aromatic rings. The highest BCUT2D eigenvalue weighted by molar-refractivity contribution is 5.88. The number of hydrogen-bond acceptors (Lipinski definition) is 2. The number of carbonyl (C=O) groups excluding carboxylic acids is 1. The van der Waals surface area contributed by atoms with Gasteiger partial charge in [0.05, 0.1) is 6.10 Å². The third-order valence-electron chi connectivity index (χ3n) is 4.75. The lowest BCUT2D eigenvalue weighted by Crippen LogP contribution is -2.39. The minimum Gasteiger partial charge on any atom is -0.388 e. The number of amides is 1. The number of aliphatic hydroxyl groups is 1. The van der Waals surface area contributed by atoms with Crippen molar-refractivity contribution in [3.05, 3.63) is 47.3 Å². The summed E-state index contributed by atoms with van der Waals surface area (Å²) in [6.07, 6.45) is 4.52. The summed E-state index contributed by atoms with van der Waals surface area (Å²) >= 11 is 0. The first-order valence-corrected chi connectivity index (χ1v) is 8.47. The van der Waals surface area contributed by atoms with Crippen LogP contribution in [0.25, 0.3) is 0 Å². The van der Waals surface area contributed by atoms with E-state index in [1.807, 2.05) is 4.90 Å². The van der Waals surface area contributed by atoms with Crippen LogP contribution < -0.4 is 0 Å². The zero-order chi connectivity index (χ0) is 16.8. The van der Waals surface area contributed by atoms with Crippen LogP contribution in [0.1, 0.15) is 51.2 Å². The first-order valence-electron chi connectivity index (χ1n) is 8.47. The zero-order valence-electron chi connectivity index (χ0n) is 14.0. The summed E-state index contributed by atoms with van der Waals surface area (Å²) in [4.78, 5) is 14.1. The fourth-order valence-corrected chi connectivity index (χ4v) is 3.09. The second-order valence-electron chi connectivity index (χ2n) is 6.17. The Hall–Kier alpha value is -1.68. The SMILES string of the molecule is CCC(=CC(=O)N1CCC(C(O)c2ccc(F)cc2)CC1)CC. The molecule has 1 fully saturated rings. The number of halogens is 1. The average molecular weight is 319 g/mol. The number of carbonyl (C=O) groups is 1. The van der Waals surface area contributed by atoms with Crippen molar-refractivity contribution in [3.8, 4) is 0 Å². The lowest BCUT2D eigenvalue weighted by molar-refractivity contribution is -0.128. The Balaban J connectivity index is 1.91. The third kappa shape index (κ3) is 4.64. The Morgan fingerprint density at radius 1 is 1.26 bits per heavy atom. The van der Waals surface area contributed by atoms with Gasteiger partial charge >= 0.3 is 0 Å². The quantitative estimate of drug-likeness (QED) is 0.838. The Morgan fingerprint density at radius 3 is 2.35 bits per heavy atom. The van der Waals surface area contributed by atoms with Crippen LogP contribution in [-0.2, 0) is 4.79 Å². The van der Waals surface area contributed by atoms with Crippen molar-refractivity contribution >= 4 is 5.91 Å². The molecule has 0 bridgehead atoms. The Labute approximate surface area is 137 Å². The summed E-state index contributed by atoms with van der Waals surface area (Å²) in [5, 5.41) is 10.4. The molecule has 1 heterocycles. The van der Waals surface area contributed by atoms with Crippen LogP contribution in [0.4, 0.5) is 4.39 Å². The second-order valence-corrected chi connectivity index (χ2v) is 6.17. The topological polar surface area (TPSA) is 40.5 Å². The number of nitrogens with zero attached hydrogens (tertiary/aromatic N) is 1. The van der Waals surface area contributed by atoms with Crippen LogP contribution in [0.3, 0.4) is 0 Å². The van der Waals surface area contributed by atoms with Crippen LogP contribution >= 0.6 is 0 Å². The number of rotatable bonds is 5. The monoisotopic (exact) mass is 319 g/mol. The molecule has 3 nitrogen and oxygen atoms in total. The van der Waals surface area contributed by atoms with E-state index in [0.29, 0.717) is 13.1 Å². The van der Waals surface area contributed by atoms with Gasteiger partial charge in [0.15, 0.2) is 0 Å². The molecule has 0 aromatic heterocycles. The summed E-state index contributed by atoms with van der Waals surface area (Å²) < 4.78 is 13.0. The van der Waals surface area contributed by atoms with E-state index in [0.717, 1.165) is 31.2 Å². The van der Waals surface area contributed by atoms with Gasteiger partial charge in [0.25, 0.3) is 0 Å². The lowest BCUT2D eigenvalue weighted by Gasteiger charge is -2.34. The maximum Gasteiger partial charge on any atom is 0.246 e. The molecule has 1 aromatic carbocycles. The van der Waals surface area contributed by atoms with Gasteiger partial charge in [-0.1, -0.05) is 31.6 Å². The Bertz CT molecular complexity index is 539. The zero-order valence-corrected chi connectivity index (χ0v) is 14.0. The van der Waals surface area contributed by atoms with Gasteiger partial charge in [0.2, 0.25) is 5.91 Å². The Kier molecular flexibility index (Phi) is 6.34. The molecule has 1 unspecified atom stereocenters. The smallest absolute Gasteiger partial charge is 0.246 e. The van der Waals surface area contributed by atoms with E-state index in [-0.39, 0.29) is 17.6 Å². The number of likely N-dealkylation sites (tertiary alicyclic amines) is 1. The molecule has 0 radical (unpaired) electrons. The molecule has 1 aliphatic heterocycles. The summed E-state index contributed by atoms with van der Waals surface area (Å²) in [5.74, 6) is -0.0976. The molecular weight excluding hydrogens is 293 g/mol. The standard InChI is InChI=1S/C19H26FNO2/c1-3-14(4-2)13-18(22)21-11-9-16(10-12-21)19(23)15-5-7-17(20)8-6-15/h5-8,13,16,19,23H,3-4,9-12H2,1-2H3. The molecule has 1 aliphatic rings. The highest BCUT2D eigenvalue weighted by Crippen LogP contribution is 2.31. The fraction of sp³-hybridized carbons (Fsp3) is 0.526. The predicted molar refractivity (Wildman–Crippen MR) is 89.3 cm³/mol. The molecular formula is C19H26FNO2. The minimum atomic E-state index is -0.592. The van der Waals surface area contributed by atoms with E-state index >= 15 is 0 Å². The number of piperidine rings is 1. The van der Waals surface area contributed by atoms with Gasteiger partial charge in [-0.3, -0.25) is 4.79 Å². The molecule has 0 spiro atoms. The normalized spacial score (nSPS) is 17.0. The largest absolute Gasteiger partial charge is 0.388 e. The van der Waals surface area contributed by atoms with Crippen molar-refractivity contribution in [1.82, 2.24) is 4.90 Å². The van der Waals surface area contributed by atoms with Gasteiger partial charge in [0, 0.05) is 19.2 Å². The highest BCUT2D eigenvalue weighted by Gasteiger charge is 2.27. The number of hydrogen-bond donors (Lipinski definition) is 1. The van der Waals surface area contributed by atoms with Crippen molar-refractivity contribution in [2.45, 2.75) is 45.6 Å². The molecule has 0 saturated carbocycles. The molecule has 1 atom stereocenters. The predicted octanol–water partition coefficient (Wildman–Crippen LogP) is 3.84. The average Bonchev–Trinajstić information content (AvgIpc) is 2.59. The van der Waals surface area contributed by atoms with Crippen LogP contribution in [0.2, 0.25) is 0 Å². The number of allylic oxidation sites excluding steroid dienone is 1. The van der Waals surface area contributed by atoms with Crippen molar-refractivity contribution in [2.24, 2.45) is 5.92 Å². The summed E-state index contributed by atoms with van der Waals surface area (Å²) in [6.45, 7) is 5.46. The molecule has 2 rings (SSSR count). The summed E-state index contributed by atoms with van der Waals surface area (Å²) in [6, 6.07) is 6.02. The summed E-state index contributed by atoms with van der Waals surface area (Å²) in [5.41, 5.74) is 1.92. The molecule has 4 heteroatoms. The van der Waals surface area contributed by atoms with E-state index in [4.69, 9.17) is 0 Å². The maximum atomic E-state index is 13.0. The molecule has 1 saturated heterocycles. The first kappa shape index (κ1) is 17.7. The van der Waals surface area contributed by atoms with Gasteiger partial charge in [-0.25, -0.2) is 4.39 Å². The van der Waals surface area contributed by atoms with Gasteiger partial charge in [-0.05, 0) is 49.3 Å². The molecule has 1 N–H and O–H groups in total. The number of benzene rings is 1. The van der Waals surface area contributed by atoms with Crippen molar-refractivity contribution in [3.63, 3.8) is 0 Å². The third-order valence-corrected chi connectivity index (χ3v) is 4.75. The number of aliphatic hydroxyl groups excluding tert-OH is 1. The van der Waals surface area contributed by atoms with Crippen LogP contribution in [0.5, 0.6) is 0 Å². The van der Waals surface area contributed by atoms with E-state index < -0.39 is 6.10 Å². The van der Waals surface area contributed by atoms with E-state index in [1.165, 1.54) is 17.7 Å². The van der Waals surface area contributed by atoms with E-state index in [1.54, 1.807) is 18.2 Å². The van der Waals surface area contributed by atoms with Crippen molar-refractivity contribution < 1.29 is 14.3 Å². The molecule has 23 heavy (non-hydrogen) atoms. The lowest BCUT2D eigenvalue weighted by atomic mass is 9.87. The minimum absolute atomic E-state index is 0.0819. The van der Waals surface area contributed by atoms with Crippen LogP contribution in [0, 0.1) is 11.7 Å². The molecule has 0 aliphatic carbocycles. The maximum absolute atomic E-state index is 13.0. The van der Waals surface area contributed by atoms with E-state index in [9.17, 15) is 14.3 Å². The van der Waals surface area contributed by atoms with Gasteiger partial charge in [-0.2, -0.15) is 0 Å². The second kappa shape index (κ2) is 8.25. The van der Waals surface area contributed by atoms with Crippen molar-refractivity contribution in [1.29, 1.82) is 0 Å². The van der Waals surface area contributed by atoms with Gasteiger partial charge < -0.3 is 10.0 Å². The van der Waals surface area contributed by atoms with Crippen molar-refractivity contribution in [2.75, 3.05) is 13.1 Å². The fourth-order valence-electron chi connectivity index (χ4n) is 3.09. The molecule has 1 amide bonds. The highest BCUT2D eigenvalue weighted by atomic mass is 19.1. The summed E-state index contributed by atoms with van der Waals surface area (Å²) in [7, 11) is 0. The molecule has 126 valence electrons. The van der Waals surface area contributed by atoms with Crippen LogP contribution in [-0.4, -0.2) is 29.0 Å². The van der Waals surface area contributed by atoms with Gasteiger partial charge in [0.1, 0.15) is 5.82 Å². The Morgan fingerprint density at radius 2 is 1.83 bits per heavy atom. The first-order chi connectivity index (χ1) is 11.0. The van der Waals surface area contributed by atoms with Crippen LogP contribution in [0.15, 0.2) is 35.9 Å². The van der Waals surface area contributed by atoms with E-state index in [2.05, 4.69) is 13.8 Å².